The Hall–Kier alpha value is -4.19. The number of rotatable bonds is 9. The molecule has 0 unspecified atom stereocenters. The molecular formula is C29H32N6O5. The number of ketones is 1. The minimum atomic E-state index is -1.19. The predicted molar refractivity (Wildman–Crippen MR) is 148 cm³/mol. The van der Waals surface area contributed by atoms with E-state index in [-0.39, 0.29) is 24.1 Å². The van der Waals surface area contributed by atoms with Crippen molar-refractivity contribution < 1.29 is 24.3 Å². The first-order valence-corrected chi connectivity index (χ1v) is 13.2. The average Bonchev–Trinajstić information content (AvgIpc) is 3.42. The van der Waals surface area contributed by atoms with E-state index in [0.29, 0.717) is 49.2 Å². The molecule has 0 radical (unpaired) electrons. The van der Waals surface area contributed by atoms with Gasteiger partial charge in [-0.05, 0) is 38.7 Å². The Balaban J connectivity index is 1.49. The highest BCUT2D eigenvalue weighted by molar-refractivity contribution is 6.00. The summed E-state index contributed by atoms with van der Waals surface area (Å²) in [6.45, 7) is 1.98. The molecule has 11 nitrogen and oxygen atoms in total. The number of Topliss-reactive ketones (excluding diaryl/α,β-unsaturated/α-hetero) is 1. The summed E-state index contributed by atoms with van der Waals surface area (Å²) < 4.78 is 12.4. The molecule has 0 bridgehead atoms. The van der Waals surface area contributed by atoms with Crippen LogP contribution in [0.2, 0.25) is 0 Å². The third kappa shape index (κ3) is 5.06. The molecule has 1 saturated carbocycles. The Bertz CT molecular complexity index is 1510. The molecule has 4 aromatic rings. The standard InChI is InChI=1S/C29H32N6O5/c1-18(36)24-25(20-10-12-29(13-11-20,28(37)34-38)40-15-14-39-2)33-27-22(17-32-35(27)26(24)30)21-8-9-23(31-16-21)19-6-4-3-5-7-19/h3-9,16-17,20,38H,10-15,30H2,1-2H3,(H,34,37)/t20-,29+. The predicted octanol–water partition coefficient (Wildman–Crippen LogP) is 3.81. The molecule has 5 rings (SSSR count). The fraction of sp³-hybridized carbons (Fsp3) is 0.345. The smallest absolute Gasteiger partial charge is 0.275 e. The van der Waals surface area contributed by atoms with E-state index in [1.165, 1.54) is 11.4 Å². The highest BCUT2D eigenvalue weighted by Crippen LogP contribution is 2.42. The maximum absolute atomic E-state index is 12.8. The molecule has 0 saturated heterocycles. The van der Waals surface area contributed by atoms with Gasteiger partial charge in [0.1, 0.15) is 11.4 Å². The molecule has 3 aromatic heterocycles. The van der Waals surface area contributed by atoms with Crippen LogP contribution in [0, 0.1) is 0 Å². The normalized spacial score (nSPS) is 19.0. The van der Waals surface area contributed by atoms with E-state index in [4.69, 9.17) is 20.2 Å². The third-order valence-electron chi connectivity index (χ3n) is 7.57. The number of anilines is 1. The van der Waals surface area contributed by atoms with Gasteiger partial charge in [0.15, 0.2) is 11.4 Å². The number of methoxy groups -OCH3 is 1. The summed E-state index contributed by atoms with van der Waals surface area (Å²) in [5.41, 5.74) is 11.9. The highest BCUT2D eigenvalue weighted by Gasteiger charge is 2.44. The van der Waals surface area contributed by atoms with Crippen LogP contribution in [0.3, 0.4) is 0 Å². The first-order chi connectivity index (χ1) is 19.4. The second-order valence-electron chi connectivity index (χ2n) is 9.96. The number of benzene rings is 1. The van der Waals surface area contributed by atoms with Gasteiger partial charge in [-0.1, -0.05) is 36.4 Å². The molecule has 4 N–H and O–H groups in total. The van der Waals surface area contributed by atoms with Crippen LogP contribution in [0.15, 0.2) is 54.9 Å². The number of hydrogen-bond donors (Lipinski definition) is 3. The molecular weight excluding hydrogens is 512 g/mol. The molecule has 1 aromatic carbocycles. The summed E-state index contributed by atoms with van der Waals surface area (Å²) in [6.07, 6.45) is 5.10. The van der Waals surface area contributed by atoms with Crippen LogP contribution in [-0.2, 0) is 14.3 Å². The van der Waals surface area contributed by atoms with E-state index < -0.39 is 11.5 Å². The molecule has 0 aliphatic heterocycles. The first kappa shape index (κ1) is 27.4. The summed E-state index contributed by atoms with van der Waals surface area (Å²) in [7, 11) is 1.55. The third-order valence-corrected chi connectivity index (χ3v) is 7.57. The molecule has 1 fully saturated rings. The molecule has 0 atom stereocenters. The minimum Gasteiger partial charge on any atom is -0.383 e. The molecule has 0 spiro atoms. The summed E-state index contributed by atoms with van der Waals surface area (Å²) in [5.74, 6) is -0.748. The van der Waals surface area contributed by atoms with Crippen LogP contribution in [0.5, 0.6) is 0 Å². The minimum absolute atomic E-state index is 0.154. The number of amides is 1. The largest absolute Gasteiger partial charge is 0.383 e. The van der Waals surface area contributed by atoms with Gasteiger partial charge in [-0.15, -0.1) is 0 Å². The SMILES string of the molecule is COCCO[C@]1(C(=O)NO)CC[C@H](c2nc3c(-c4ccc(-c5ccccc5)nc4)cnn3c(N)c2C(C)=O)CC1. The van der Waals surface area contributed by atoms with Crippen LogP contribution in [-0.4, -0.2) is 62.4 Å². The molecule has 3 heterocycles. The van der Waals surface area contributed by atoms with Gasteiger partial charge in [-0.2, -0.15) is 9.61 Å². The average molecular weight is 545 g/mol. The number of carbonyl (C=O) groups excluding carboxylic acids is 2. The van der Waals surface area contributed by atoms with E-state index in [1.54, 1.807) is 25.0 Å². The number of hydroxylamine groups is 1. The summed E-state index contributed by atoms with van der Waals surface area (Å²) in [5, 5.41) is 13.8. The van der Waals surface area contributed by atoms with Crippen molar-refractivity contribution in [1.29, 1.82) is 0 Å². The van der Waals surface area contributed by atoms with E-state index in [0.717, 1.165) is 22.4 Å². The van der Waals surface area contributed by atoms with E-state index in [1.807, 2.05) is 42.5 Å². The van der Waals surface area contributed by atoms with Gasteiger partial charge in [-0.25, -0.2) is 10.5 Å². The number of pyridine rings is 1. The first-order valence-electron chi connectivity index (χ1n) is 13.2. The Kier molecular flexibility index (Phi) is 7.88. The van der Waals surface area contributed by atoms with Crippen molar-refractivity contribution in [2.45, 2.75) is 44.1 Å². The van der Waals surface area contributed by atoms with E-state index >= 15 is 0 Å². The van der Waals surface area contributed by atoms with Gasteiger partial charge < -0.3 is 15.2 Å². The lowest BCUT2D eigenvalue weighted by atomic mass is 9.76. The monoisotopic (exact) mass is 544 g/mol. The summed E-state index contributed by atoms with van der Waals surface area (Å²) >= 11 is 0. The van der Waals surface area contributed by atoms with Crippen molar-refractivity contribution in [3.8, 4) is 22.4 Å². The van der Waals surface area contributed by atoms with Gasteiger partial charge in [0, 0.05) is 35.9 Å². The molecule has 208 valence electrons. The molecule has 11 heteroatoms. The Morgan fingerprint density at radius 2 is 1.85 bits per heavy atom. The van der Waals surface area contributed by atoms with Crippen LogP contribution in [0.25, 0.3) is 28.0 Å². The van der Waals surface area contributed by atoms with Gasteiger partial charge >= 0.3 is 0 Å². The lowest BCUT2D eigenvalue weighted by molar-refractivity contribution is -0.163. The number of ether oxygens (including phenoxy) is 2. The van der Waals surface area contributed by atoms with Crippen molar-refractivity contribution in [3.05, 3.63) is 66.1 Å². The zero-order valence-corrected chi connectivity index (χ0v) is 22.5. The number of fused-ring (bicyclic) bond motifs is 1. The van der Waals surface area contributed by atoms with Crippen LogP contribution >= 0.6 is 0 Å². The fourth-order valence-electron chi connectivity index (χ4n) is 5.44. The number of nitrogens with two attached hydrogens (primary N) is 1. The maximum atomic E-state index is 12.8. The second kappa shape index (κ2) is 11.5. The number of carbonyl (C=O) groups is 2. The Morgan fingerprint density at radius 3 is 2.48 bits per heavy atom. The second-order valence-corrected chi connectivity index (χ2v) is 9.96. The summed E-state index contributed by atoms with van der Waals surface area (Å²) in [4.78, 5) is 34.9. The zero-order valence-electron chi connectivity index (χ0n) is 22.5. The van der Waals surface area contributed by atoms with Gasteiger partial charge in [-0.3, -0.25) is 19.8 Å². The molecule has 1 aliphatic carbocycles. The number of aromatic nitrogens is 4. The van der Waals surface area contributed by atoms with Crippen molar-refractivity contribution in [2.75, 3.05) is 26.1 Å². The van der Waals surface area contributed by atoms with E-state index in [9.17, 15) is 14.8 Å². The van der Waals surface area contributed by atoms with Gasteiger partial charge in [0.05, 0.1) is 36.4 Å². The highest BCUT2D eigenvalue weighted by atomic mass is 16.5. The van der Waals surface area contributed by atoms with E-state index in [2.05, 4.69) is 10.1 Å². The lowest BCUT2D eigenvalue weighted by Crippen LogP contribution is -2.50. The number of nitrogens with zero attached hydrogens (tertiary/aromatic N) is 4. The van der Waals surface area contributed by atoms with Crippen molar-refractivity contribution >= 4 is 23.2 Å². The fourth-order valence-corrected chi connectivity index (χ4v) is 5.44. The maximum Gasteiger partial charge on any atom is 0.275 e. The van der Waals surface area contributed by atoms with Crippen molar-refractivity contribution in [1.82, 2.24) is 25.1 Å². The molecule has 1 amide bonds. The zero-order chi connectivity index (χ0) is 28.3. The van der Waals surface area contributed by atoms with Gasteiger partial charge in [0.25, 0.3) is 5.91 Å². The Morgan fingerprint density at radius 1 is 1.10 bits per heavy atom. The van der Waals surface area contributed by atoms with Gasteiger partial charge in [0.2, 0.25) is 0 Å². The topological polar surface area (TPSA) is 154 Å². The number of hydrogen-bond acceptors (Lipinski definition) is 9. The van der Waals surface area contributed by atoms with Crippen molar-refractivity contribution in [3.63, 3.8) is 0 Å². The quantitative estimate of drug-likeness (QED) is 0.123. The van der Waals surface area contributed by atoms with Crippen LogP contribution in [0.1, 0.15) is 54.6 Å². The van der Waals surface area contributed by atoms with Crippen LogP contribution < -0.4 is 11.2 Å². The summed E-state index contributed by atoms with van der Waals surface area (Å²) in [6, 6.07) is 13.8. The molecule has 1 aliphatic rings. The Labute approximate surface area is 231 Å². The van der Waals surface area contributed by atoms with Crippen LogP contribution in [0.4, 0.5) is 5.82 Å². The molecule has 40 heavy (non-hydrogen) atoms. The number of nitrogens with one attached hydrogen (secondary N) is 1. The lowest BCUT2D eigenvalue weighted by Gasteiger charge is -2.38. The number of nitrogen functional groups attached to an aromatic ring is 1. The van der Waals surface area contributed by atoms with Crippen molar-refractivity contribution in [2.24, 2.45) is 0 Å².